The molecular weight excluding hydrogens is 308 g/mol. The summed E-state index contributed by atoms with van der Waals surface area (Å²) in [5.41, 5.74) is 3.43. The highest BCUT2D eigenvalue weighted by Crippen LogP contribution is 2.33. The Morgan fingerprint density at radius 2 is 1.87 bits per heavy atom. The van der Waals surface area contributed by atoms with E-state index in [1.165, 1.54) is 10.4 Å². The first-order chi connectivity index (χ1) is 11.3. The van der Waals surface area contributed by atoms with E-state index in [2.05, 4.69) is 35.2 Å². The van der Waals surface area contributed by atoms with E-state index >= 15 is 0 Å². The van der Waals surface area contributed by atoms with Gasteiger partial charge in [-0.15, -0.1) is 11.3 Å². The molecule has 0 unspecified atom stereocenters. The smallest absolute Gasteiger partial charge is 0.124 e. The van der Waals surface area contributed by atoms with Crippen molar-refractivity contribution in [3.63, 3.8) is 0 Å². The fourth-order valence-electron chi connectivity index (χ4n) is 2.79. The van der Waals surface area contributed by atoms with E-state index < -0.39 is 0 Å². The number of nitrogens with zero attached hydrogens (tertiary/aromatic N) is 2. The largest absolute Gasteiger partial charge is 0.497 e. The second kappa shape index (κ2) is 6.18. The zero-order chi connectivity index (χ0) is 15.6. The molecule has 0 amide bonds. The first-order valence-corrected chi connectivity index (χ1v) is 8.53. The first-order valence-electron chi connectivity index (χ1n) is 7.71. The van der Waals surface area contributed by atoms with Crippen molar-refractivity contribution >= 4 is 27.2 Å². The number of aromatic nitrogens is 1. The van der Waals surface area contributed by atoms with Crippen LogP contribution in [-0.4, -0.2) is 38.4 Å². The van der Waals surface area contributed by atoms with Crippen LogP contribution in [0.3, 0.4) is 0 Å². The Morgan fingerprint density at radius 3 is 2.61 bits per heavy atom. The predicted octanol–water partition coefficient (Wildman–Crippen LogP) is 3.81. The second-order valence-electron chi connectivity index (χ2n) is 5.50. The van der Waals surface area contributed by atoms with E-state index in [1.807, 2.05) is 12.1 Å². The Balaban J connectivity index is 1.66. The summed E-state index contributed by atoms with van der Waals surface area (Å²) in [4.78, 5) is 7.13. The number of thiazole rings is 1. The molecule has 0 N–H and O–H groups in total. The summed E-state index contributed by atoms with van der Waals surface area (Å²) in [6, 6.07) is 14.6. The van der Waals surface area contributed by atoms with E-state index in [9.17, 15) is 0 Å². The molecule has 5 heteroatoms. The van der Waals surface area contributed by atoms with Gasteiger partial charge in [0, 0.05) is 24.3 Å². The summed E-state index contributed by atoms with van der Waals surface area (Å²) in [6.45, 7) is 3.51. The normalized spacial score (nSPS) is 15.1. The molecule has 0 atom stereocenters. The Bertz CT molecular complexity index is 808. The lowest BCUT2D eigenvalue weighted by Gasteiger charge is -2.28. The zero-order valence-corrected chi connectivity index (χ0v) is 13.8. The molecule has 0 spiro atoms. The van der Waals surface area contributed by atoms with Crippen molar-refractivity contribution in [1.29, 1.82) is 0 Å². The standard InChI is InChI=1S/C18H18N2O2S/c1-21-15-5-2-13(3-6-15)18-19-16-7-4-14(12-17(16)23-18)20-8-10-22-11-9-20/h2-7,12H,8-11H2,1H3. The average Bonchev–Trinajstić information content (AvgIpc) is 3.06. The van der Waals surface area contributed by atoms with Crippen molar-refractivity contribution in [2.75, 3.05) is 38.3 Å². The molecule has 23 heavy (non-hydrogen) atoms. The third kappa shape index (κ3) is 2.90. The molecule has 1 saturated heterocycles. The van der Waals surface area contributed by atoms with Crippen LogP contribution in [0.2, 0.25) is 0 Å². The number of methoxy groups -OCH3 is 1. The van der Waals surface area contributed by atoms with Gasteiger partial charge in [0.05, 0.1) is 30.5 Å². The summed E-state index contributed by atoms with van der Waals surface area (Å²) in [5, 5.41) is 1.04. The monoisotopic (exact) mass is 326 g/mol. The van der Waals surface area contributed by atoms with Crippen LogP contribution in [0.25, 0.3) is 20.8 Å². The Kier molecular flexibility index (Phi) is 3.89. The van der Waals surface area contributed by atoms with E-state index in [1.54, 1.807) is 18.4 Å². The molecule has 4 nitrogen and oxygen atoms in total. The van der Waals surface area contributed by atoms with Gasteiger partial charge in [-0.3, -0.25) is 0 Å². The number of morpholine rings is 1. The minimum absolute atomic E-state index is 0.803. The molecule has 3 aromatic rings. The maximum absolute atomic E-state index is 5.43. The Hall–Kier alpha value is -2.11. The molecule has 2 heterocycles. The molecule has 1 aliphatic heterocycles. The van der Waals surface area contributed by atoms with Crippen molar-refractivity contribution < 1.29 is 9.47 Å². The van der Waals surface area contributed by atoms with Crippen LogP contribution < -0.4 is 9.64 Å². The van der Waals surface area contributed by atoms with Crippen LogP contribution in [0.5, 0.6) is 5.75 Å². The van der Waals surface area contributed by atoms with Gasteiger partial charge in [-0.05, 0) is 42.5 Å². The number of hydrogen-bond donors (Lipinski definition) is 0. The quantitative estimate of drug-likeness (QED) is 0.733. The molecule has 0 bridgehead atoms. The molecule has 1 aliphatic rings. The summed E-state index contributed by atoms with van der Waals surface area (Å²) in [6.07, 6.45) is 0. The number of rotatable bonds is 3. The van der Waals surface area contributed by atoms with Gasteiger partial charge < -0.3 is 14.4 Å². The third-order valence-corrected chi connectivity index (χ3v) is 5.15. The number of hydrogen-bond acceptors (Lipinski definition) is 5. The Morgan fingerprint density at radius 1 is 1.09 bits per heavy atom. The van der Waals surface area contributed by atoms with Crippen molar-refractivity contribution in [2.24, 2.45) is 0 Å². The fraction of sp³-hybridized carbons (Fsp3) is 0.278. The van der Waals surface area contributed by atoms with Gasteiger partial charge in [0.15, 0.2) is 0 Å². The molecule has 0 aliphatic carbocycles. The molecular formula is C18H18N2O2S. The van der Waals surface area contributed by atoms with E-state index in [-0.39, 0.29) is 0 Å². The molecule has 0 saturated carbocycles. The van der Waals surface area contributed by atoms with Gasteiger partial charge in [0.25, 0.3) is 0 Å². The maximum atomic E-state index is 5.43. The van der Waals surface area contributed by atoms with E-state index in [0.29, 0.717) is 0 Å². The lowest BCUT2D eigenvalue weighted by molar-refractivity contribution is 0.122. The van der Waals surface area contributed by atoms with Gasteiger partial charge in [-0.1, -0.05) is 0 Å². The van der Waals surface area contributed by atoms with Crippen LogP contribution in [0.4, 0.5) is 5.69 Å². The topological polar surface area (TPSA) is 34.6 Å². The number of fused-ring (bicyclic) bond motifs is 1. The predicted molar refractivity (Wildman–Crippen MR) is 94.6 cm³/mol. The summed E-state index contributed by atoms with van der Waals surface area (Å²) in [5.74, 6) is 0.865. The second-order valence-corrected chi connectivity index (χ2v) is 6.53. The lowest BCUT2D eigenvalue weighted by Crippen LogP contribution is -2.36. The summed E-state index contributed by atoms with van der Waals surface area (Å²) >= 11 is 1.73. The van der Waals surface area contributed by atoms with Gasteiger partial charge >= 0.3 is 0 Å². The summed E-state index contributed by atoms with van der Waals surface area (Å²) in [7, 11) is 1.68. The van der Waals surface area contributed by atoms with Gasteiger partial charge in [-0.25, -0.2) is 4.98 Å². The third-order valence-electron chi connectivity index (χ3n) is 4.09. The van der Waals surface area contributed by atoms with E-state index in [0.717, 1.165) is 48.1 Å². The first kappa shape index (κ1) is 14.5. The average molecular weight is 326 g/mol. The number of benzene rings is 2. The van der Waals surface area contributed by atoms with Gasteiger partial charge in [-0.2, -0.15) is 0 Å². The molecule has 4 rings (SSSR count). The van der Waals surface area contributed by atoms with Crippen LogP contribution in [0.15, 0.2) is 42.5 Å². The molecule has 0 radical (unpaired) electrons. The Labute approximate surface area is 139 Å². The van der Waals surface area contributed by atoms with Crippen molar-refractivity contribution in [3.8, 4) is 16.3 Å². The van der Waals surface area contributed by atoms with Crippen molar-refractivity contribution in [2.45, 2.75) is 0 Å². The van der Waals surface area contributed by atoms with Crippen molar-refractivity contribution in [1.82, 2.24) is 4.98 Å². The minimum Gasteiger partial charge on any atom is -0.497 e. The summed E-state index contributed by atoms with van der Waals surface area (Å²) < 4.78 is 11.9. The van der Waals surface area contributed by atoms with Gasteiger partial charge in [0.1, 0.15) is 10.8 Å². The highest BCUT2D eigenvalue weighted by Gasteiger charge is 2.13. The fourth-order valence-corrected chi connectivity index (χ4v) is 3.79. The van der Waals surface area contributed by atoms with Crippen LogP contribution in [-0.2, 0) is 4.74 Å². The maximum Gasteiger partial charge on any atom is 0.124 e. The molecule has 1 fully saturated rings. The van der Waals surface area contributed by atoms with E-state index in [4.69, 9.17) is 14.5 Å². The molecule has 1 aromatic heterocycles. The lowest BCUT2D eigenvalue weighted by atomic mass is 10.2. The highest BCUT2D eigenvalue weighted by molar-refractivity contribution is 7.21. The minimum atomic E-state index is 0.803. The zero-order valence-electron chi connectivity index (χ0n) is 13.0. The highest BCUT2D eigenvalue weighted by atomic mass is 32.1. The van der Waals surface area contributed by atoms with Crippen LogP contribution in [0, 0.1) is 0 Å². The van der Waals surface area contributed by atoms with Crippen LogP contribution in [0.1, 0.15) is 0 Å². The number of ether oxygens (including phenoxy) is 2. The molecule has 2 aromatic carbocycles. The van der Waals surface area contributed by atoms with Crippen LogP contribution >= 0.6 is 11.3 Å². The number of anilines is 1. The molecule has 118 valence electrons. The van der Waals surface area contributed by atoms with Gasteiger partial charge in [0.2, 0.25) is 0 Å². The van der Waals surface area contributed by atoms with Crippen molar-refractivity contribution in [3.05, 3.63) is 42.5 Å². The SMILES string of the molecule is COc1ccc(-c2nc3ccc(N4CCOCC4)cc3s2)cc1.